The number of aromatic nitrogens is 4. The van der Waals surface area contributed by atoms with Gasteiger partial charge < -0.3 is 10.2 Å². The molecule has 7 nitrogen and oxygen atoms in total. The lowest BCUT2D eigenvalue weighted by molar-refractivity contribution is 0.0586. The van der Waals surface area contributed by atoms with Crippen molar-refractivity contribution in [2.75, 3.05) is 18.4 Å². The first-order chi connectivity index (χ1) is 13.7. The molecule has 0 radical (unpaired) electrons. The van der Waals surface area contributed by atoms with Crippen molar-refractivity contribution in [3.63, 3.8) is 0 Å². The fraction of sp³-hybridized carbons (Fsp3) is 0.571. The van der Waals surface area contributed by atoms with Crippen LogP contribution in [0.25, 0.3) is 0 Å². The zero-order valence-corrected chi connectivity index (χ0v) is 16.1. The quantitative estimate of drug-likeness (QED) is 0.880. The number of carbonyl (C=O) groups excluding carboxylic acids is 1. The molecule has 3 aliphatic rings. The van der Waals surface area contributed by atoms with Gasteiger partial charge in [-0.25, -0.2) is 19.9 Å². The number of nitrogens with zero attached hydrogens (tertiary/aromatic N) is 5. The molecule has 1 spiro atoms. The summed E-state index contributed by atoms with van der Waals surface area (Å²) in [4.78, 5) is 31.8. The summed E-state index contributed by atoms with van der Waals surface area (Å²) in [7, 11) is 0. The largest absolute Gasteiger partial charge is 0.345 e. The van der Waals surface area contributed by atoms with Crippen LogP contribution in [0.2, 0.25) is 0 Å². The van der Waals surface area contributed by atoms with Crippen LogP contribution in [0, 0.1) is 5.41 Å². The van der Waals surface area contributed by atoms with E-state index in [2.05, 4.69) is 25.3 Å². The highest BCUT2D eigenvalue weighted by Crippen LogP contribution is 2.47. The molecule has 28 heavy (non-hydrogen) atoms. The molecule has 5 rings (SSSR count). The number of hydrogen-bond donors (Lipinski definition) is 1. The molecule has 1 N–H and O–H groups in total. The SMILES string of the molecule is O=C(c1cnc(NC2(c3cncnc3)CC2)nc1)N1CCC2(CCCC2)CC1. The molecule has 2 saturated carbocycles. The van der Waals surface area contributed by atoms with Crippen molar-refractivity contribution in [3.05, 3.63) is 42.2 Å². The summed E-state index contributed by atoms with van der Waals surface area (Å²) in [6.45, 7) is 1.71. The number of anilines is 1. The van der Waals surface area contributed by atoms with E-state index in [1.807, 2.05) is 17.3 Å². The van der Waals surface area contributed by atoms with Gasteiger partial charge in [-0.1, -0.05) is 12.8 Å². The van der Waals surface area contributed by atoms with Crippen molar-refractivity contribution in [2.45, 2.75) is 56.9 Å². The van der Waals surface area contributed by atoms with Crippen LogP contribution in [0.15, 0.2) is 31.1 Å². The normalized spacial score (nSPS) is 22.2. The van der Waals surface area contributed by atoms with E-state index in [9.17, 15) is 4.79 Å². The highest BCUT2D eigenvalue weighted by molar-refractivity contribution is 5.93. The summed E-state index contributed by atoms with van der Waals surface area (Å²) in [6, 6.07) is 0. The summed E-state index contributed by atoms with van der Waals surface area (Å²) in [6.07, 6.45) is 18.2. The van der Waals surface area contributed by atoms with Crippen LogP contribution in [0.1, 0.15) is 67.3 Å². The Kier molecular flexibility index (Phi) is 4.25. The third-order valence-electron chi connectivity index (χ3n) is 6.89. The fourth-order valence-corrected chi connectivity index (χ4v) is 4.87. The first-order valence-electron chi connectivity index (χ1n) is 10.3. The van der Waals surface area contributed by atoms with Crippen molar-refractivity contribution < 1.29 is 4.79 Å². The minimum atomic E-state index is -0.171. The maximum atomic E-state index is 12.8. The molecule has 2 aromatic rings. The van der Waals surface area contributed by atoms with Gasteiger partial charge in [-0.15, -0.1) is 0 Å². The van der Waals surface area contributed by atoms with Crippen LogP contribution in [-0.4, -0.2) is 43.8 Å². The molecule has 1 aliphatic heterocycles. The molecule has 146 valence electrons. The standard InChI is InChI=1S/C21H26N6O/c28-18(27-9-7-20(8-10-27)3-1-2-4-20)16-11-24-19(25-12-16)26-21(5-6-21)17-13-22-15-23-14-17/h11-15H,1-10H2,(H,24,25,26). The zero-order chi connectivity index (χ0) is 19.0. The number of hydrogen-bond acceptors (Lipinski definition) is 6. The van der Waals surface area contributed by atoms with Crippen molar-refractivity contribution in [1.82, 2.24) is 24.8 Å². The minimum absolute atomic E-state index is 0.0528. The average Bonchev–Trinajstić information content (AvgIpc) is 3.40. The lowest BCUT2D eigenvalue weighted by atomic mass is 9.77. The van der Waals surface area contributed by atoms with E-state index in [0.717, 1.165) is 44.3 Å². The molecule has 1 amide bonds. The molecule has 2 aliphatic carbocycles. The number of nitrogens with one attached hydrogen (secondary N) is 1. The molecule has 3 fully saturated rings. The highest BCUT2D eigenvalue weighted by atomic mass is 16.2. The van der Waals surface area contributed by atoms with E-state index in [4.69, 9.17) is 0 Å². The Morgan fingerprint density at radius 3 is 2.14 bits per heavy atom. The van der Waals surface area contributed by atoms with Crippen LogP contribution >= 0.6 is 0 Å². The van der Waals surface area contributed by atoms with Gasteiger partial charge in [0.25, 0.3) is 5.91 Å². The topological polar surface area (TPSA) is 83.9 Å². The highest BCUT2D eigenvalue weighted by Gasteiger charge is 2.45. The van der Waals surface area contributed by atoms with Gasteiger partial charge in [0.15, 0.2) is 0 Å². The molecule has 7 heteroatoms. The van der Waals surface area contributed by atoms with Crippen LogP contribution < -0.4 is 5.32 Å². The summed E-state index contributed by atoms with van der Waals surface area (Å²) in [5.74, 6) is 0.596. The molecule has 0 atom stereocenters. The van der Waals surface area contributed by atoms with Gasteiger partial charge in [-0.3, -0.25) is 4.79 Å². The summed E-state index contributed by atoms with van der Waals surface area (Å²) in [5, 5.41) is 3.40. The molecular weight excluding hydrogens is 352 g/mol. The lowest BCUT2D eigenvalue weighted by Gasteiger charge is -2.39. The number of amides is 1. The Hall–Kier alpha value is -2.57. The molecule has 3 heterocycles. The molecule has 0 bridgehead atoms. The Morgan fingerprint density at radius 2 is 1.54 bits per heavy atom. The fourth-order valence-electron chi connectivity index (χ4n) is 4.87. The first-order valence-corrected chi connectivity index (χ1v) is 10.3. The number of carbonyl (C=O) groups is 1. The van der Waals surface area contributed by atoms with E-state index < -0.39 is 0 Å². The van der Waals surface area contributed by atoms with Gasteiger partial charge in [-0.2, -0.15) is 0 Å². The first kappa shape index (κ1) is 17.5. The number of rotatable bonds is 4. The maximum absolute atomic E-state index is 12.8. The van der Waals surface area contributed by atoms with Crippen LogP contribution in [-0.2, 0) is 5.54 Å². The molecule has 0 aromatic carbocycles. The van der Waals surface area contributed by atoms with E-state index >= 15 is 0 Å². The van der Waals surface area contributed by atoms with E-state index in [1.54, 1.807) is 12.4 Å². The van der Waals surface area contributed by atoms with Crippen molar-refractivity contribution in [1.29, 1.82) is 0 Å². The van der Waals surface area contributed by atoms with Crippen LogP contribution in [0.4, 0.5) is 5.95 Å². The van der Waals surface area contributed by atoms with Gasteiger partial charge in [0, 0.05) is 43.4 Å². The summed E-state index contributed by atoms with van der Waals surface area (Å²) in [5.41, 5.74) is 1.96. The van der Waals surface area contributed by atoms with Gasteiger partial charge in [-0.05, 0) is 43.9 Å². The summed E-state index contributed by atoms with van der Waals surface area (Å²) >= 11 is 0. The molecule has 2 aromatic heterocycles. The van der Waals surface area contributed by atoms with Crippen LogP contribution in [0.5, 0.6) is 0 Å². The average molecular weight is 378 g/mol. The second-order valence-electron chi connectivity index (χ2n) is 8.63. The van der Waals surface area contributed by atoms with Crippen LogP contribution in [0.3, 0.4) is 0 Å². The number of piperidine rings is 1. The van der Waals surface area contributed by atoms with Gasteiger partial charge in [0.05, 0.1) is 11.1 Å². The van der Waals surface area contributed by atoms with Crippen molar-refractivity contribution >= 4 is 11.9 Å². The van der Waals surface area contributed by atoms with Crippen molar-refractivity contribution in [2.24, 2.45) is 5.41 Å². The van der Waals surface area contributed by atoms with Gasteiger partial charge >= 0.3 is 0 Å². The molecular formula is C21H26N6O. The minimum Gasteiger partial charge on any atom is -0.345 e. The smallest absolute Gasteiger partial charge is 0.256 e. The third-order valence-corrected chi connectivity index (χ3v) is 6.89. The second-order valence-corrected chi connectivity index (χ2v) is 8.63. The monoisotopic (exact) mass is 378 g/mol. The van der Waals surface area contributed by atoms with E-state index in [0.29, 0.717) is 16.9 Å². The lowest BCUT2D eigenvalue weighted by Crippen LogP contribution is -2.42. The Balaban J connectivity index is 1.22. The molecule has 1 saturated heterocycles. The predicted octanol–water partition coefficient (Wildman–Crippen LogP) is 3.16. The Labute approximate surface area is 165 Å². The van der Waals surface area contributed by atoms with Crippen molar-refractivity contribution in [3.8, 4) is 0 Å². The van der Waals surface area contributed by atoms with Gasteiger partial charge in [0.1, 0.15) is 6.33 Å². The van der Waals surface area contributed by atoms with E-state index in [1.165, 1.54) is 32.0 Å². The maximum Gasteiger partial charge on any atom is 0.256 e. The second kappa shape index (κ2) is 6.79. The van der Waals surface area contributed by atoms with E-state index in [-0.39, 0.29) is 11.4 Å². The summed E-state index contributed by atoms with van der Waals surface area (Å²) < 4.78 is 0. The predicted molar refractivity (Wildman–Crippen MR) is 105 cm³/mol. The zero-order valence-electron chi connectivity index (χ0n) is 16.1. The third kappa shape index (κ3) is 3.23. The number of likely N-dealkylation sites (tertiary alicyclic amines) is 1. The Bertz CT molecular complexity index is 833. The molecule has 0 unspecified atom stereocenters. The Morgan fingerprint density at radius 1 is 0.893 bits per heavy atom. The van der Waals surface area contributed by atoms with Gasteiger partial charge in [0.2, 0.25) is 5.95 Å².